The molecule has 0 radical (unpaired) electrons. The Morgan fingerprint density at radius 1 is 1.15 bits per heavy atom. The minimum atomic E-state index is -3.42. The maximum Gasteiger partial charge on any atom is 0.235 e. The molecule has 1 aromatic heterocycles. The summed E-state index contributed by atoms with van der Waals surface area (Å²) in [6, 6.07) is 8.11. The van der Waals surface area contributed by atoms with E-state index in [1.165, 1.54) is 15.8 Å². The van der Waals surface area contributed by atoms with E-state index in [0.29, 0.717) is 18.6 Å². The molecule has 7 nitrogen and oxygen atoms in total. The number of rotatable bonds is 3. The van der Waals surface area contributed by atoms with Crippen molar-refractivity contribution in [2.45, 2.75) is 32.6 Å². The Morgan fingerprint density at radius 2 is 1.85 bits per heavy atom. The highest BCUT2D eigenvalue weighted by Crippen LogP contribution is 2.37. The maximum absolute atomic E-state index is 12.3. The van der Waals surface area contributed by atoms with Gasteiger partial charge in [0, 0.05) is 17.5 Å². The van der Waals surface area contributed by atoms with Gasteiger partial charge in [-0.15, -0.1) is 5.10 Å². The van der Waals surface area contributed by atoms with Crippen LogP contribution in [0.5, 0.6) is 0 Å². The van der Waals surface area contributed by atoms with E-state index in [-0.39, 0.29) is 11.9 Å². The normalized spacial score (nSPS) is 18.6. The lowest BCUT2D eigenvalue weighted by atomic mass is 9.80. The second kappa shape index (κ2) is 6.60. The van der Waals surface area contributed by atoms with Crippen molar-refractivity contribution < 1.29 is 8.42 Å². The summed E-state index contributed by atoms with van der Waals surface area (Å²) in [6.07, 6.45) is 4.10. The number of benzene rings is 1. The number of hydrogen-bond donors (Lipinski definition) is 2. The third-order valence-electron chi connectivity index (χ3n) is 4.70. The van der Waals surface area contributed by atoms with Crippen LogP contribution in [0.2, 0.25) is 0 Å². The van der Waals surface area contributed by atoms with Gasteiger partial charge < -0.3 is 11.5 Å². The predicted molar refractivity (Wildman–Crippen MR) is 104 cm³/mol. The summed E-state index contributed by atoms with van der Waals surface area (Å²) in [5.74, 6) is -0.0243. The Balaban J connectivity index is 2.20. The fraction of sp³-hybridized carbons (Fsp3) is 0.333. The standard InChI is InChI=1S/C18H23N5O2S/c1-11-6-4-5-7-14(11)13-8-15(21-22-18(19)20)17-12(2)10-23(16(17)9-13)26(3,24)25/h4-7,10,13H,8-9H2,1-3H3,(H4,19,20,22). The van der Waals surface area contributed by atoms with E-state index in [9.17, 15) is 8.42 Å². The van der Waals surface area contributed by atoms with Crippen LogP contribution in [0.3, 0.4) is 0 Å². The molecule has 138 valence electrons. The van der Waals surface area contributed by atoms with Crippen molar-refractivity contribution in [2.75, 3.05) is 6.26 Å². The molecular formula is C18H23N5O2S. The first-order valence-electron chi connectivity index (χ1n) is 8.31. The Bertz CT molecular complexity index is 1010. The van der Waals surface area contributed by atoms with Gasteiger partial charge in [-0.2, -0.15) is 5.10 Å². The van der Waals surface area contributed by atoms with Gasteiger partial charge in [0.2, 0.25) is 16.0 Å². The Morgan fingerprint density at radius 3 is 2.46 bits per heavy atom. The molecule has 1 atom stereocenters. The molecule has 26 heavy (non-hydrogen) atoms. The molecule has 4 N–H and O–H groups in total. The number of fused-ring (bicyclic) bond motifs is 1. The predicted octanol–water partition coefficient (Wildman–Crippen LogP) is 1.62. The van der Waals surface area contributed by atoms with Crippen LogP contribution in [-0.4, -0.2) is 30.3 Å². The van der Waals surface area contributed by atoms with Gasteiger partial charge in [-0.3, -0.25) is 0 Å². The third kappa shape index (κ3) is 3.37. The first kappa shape index (κ1) is 18.2. The molecular weight excluding hydrogens is 350 g/mol. The monoisotopic (exact) mass is 373 g/mol. The Kier molecular flexibility index (Phi) is 4.62. The zero-order valence-corrected chi connectivity index (χ0v) is 15.9. The van der Waals surface area contributed by atoms with Crippen LogP contribution in [0.25, 0.3) is 0 Å². The van der Waals surface area contributed by atoms with Crippen molar-refractivity contribution >= 4 is 21.7 Å². The highest BCUT2D eigenvalue weighted by molar-refractivity contribution is 7.89. The second-order valence-electron chi connectivity index (χ2n) is 6.73. The summed E-state index contributed by atoms with van der Waals surface area (Å²) < 4.78 is 25.9. The van der Waals surface area contributed by atoms with Gasteiger partial charge >= 0.3 is 0 Å². The molecule has 8 heteroatoms. The van der Waals surface area contributed by atoms with Crippen molar-refractivity contribution in [3.8, 4) is 0 Å². The number of nitrogens with two attached hydrogens (primary N) is 2. The molecule has 3 rings (SSSR count). The zero-order chi connectivity index (χ0) is 19.1. The fourth-order valence-corrected chi connectivity index (χ4v) is 4.57. The number of aromatic nitrogens is 1. The van der Waals surface area contributed by atoms with Gasteiger partial charge in [0.15, 0.2) is 0 Å². The summed E-state index contributed by atoms with van der Waals surface area (Å²) in [4.78, 5) is 0. The lowest BCUT2D eigenvalue weighted by Gasteiger charge is -2.26. The van der Waals surface area contributed by atoms with Gasteiger partial charge in [0.25, 0.3) is 0 Å². The van der Waals surface area contributed by atoms with Crippen LogP contribution in [0, 0.1) is 13.8 Å². The van der Waals surface area contributed by atoms with E-state index >= 15 is 0 Å². The smallest absolute Gasteiger partial charge is 0.235 e. The number of hydrogen-bond acceptors (Lipinski definition) is 4. The third-order valence-corrected chi connectivity index (χ3v) is 5.74. The second-order valence-corrected chi connectivity index (χ2v) is 8.59. The van der Waals surface area contributed by atoms with Gasteiger partial charge in [-0.1, -0.05) is 24.3 Å². The van der Waals surface area contributed by atoms with E-state index in [4.69, 9.17) is 11.5 Å². The van der Waals surface area contributed by atoms with Crippen molar-refractivity contribution in [1.82, 2.24) is 3.97 Å². The van der Waals surface area contributed by atoms with Crippen LogP contribution in [0.15, 0.2) is 40.7 Å². The molecule has 1 aliphatic rings. The molecule has 1 unspecified atom stereocenters. The van der Waals surface area contributed by atoms with Crippen molar-refractivity contribution in [3.05, 3.63) is 58.4 Å². The molecule has 1 aromatic carbocycles. The molecule has 0 bridgehead atoms. The molecule has 0 spiro atoms. The topological polar surface area (TPSA) is 116 Å². The largest absolute Gasteiger partial charge is 0.369 e. The summed E-state index contributed by atoms with van der Waals surface area (Å²) >= 11 is 0. The SMILES string of the molecule is Cc1ccccc1C1CC(=NN=C(N)N)c2c(C)cn(S(C)(=O)=O)c2C1. The van der Waals surface area contributed by atoms with Crippen molar-refractivity contribution in [2.24, 2.45) is 21.7 Å². The van der Waals surface area contributed by atoms with E-state index in [1.54, 1.807) is 6.20 Å². The summed E-state index contributed by atoms with van der Waals surface area (Å²) in [5, 5.41) is 8.04. The molecule has 2 aromatic rings. The summed E-state index contributed by atoms with van der Waals surface area (Å²) in [5.41, 5.74) is 16.3. The number of nitrogens with zero attached hydrogens (tertiary/aromatic N) is 3. The van der Waals surface area contributed by atoms with Crippen LogP contribution in [0.4, 0.5) is 0 Å². The summed E-state index contributed by atoms with van der Waals surface area (Å²) in [7, 11) is -3.42. The van der Waals surface area contributed by atoms with Crippen LogP contribution in [0.1, 0.15) is 40.3 Å². The lowest BCUT2D eigenvalue weighted by Crippen LogP contribution is -2.25. The van der Waals surface area contributed by atoms with E-state index in [0.717, 1.165) is 22.4 Å². The highest BCUT2D eigenvalue weighted by atomic mass is 32.2. The average Bonchev–Trinajstić information content (AvgIpc) is 2.90. The highest BCUT2D eigenvalue weighted by Gasteiger charge is 2.32. The minimum absolute atomic E-state index is 0.103. The van der Waals surface area contributed by atoms with Crippen molar-refractivity contribution in [3.63, 3.8) is 0 Å². The molecule has 0 saturated carbocycles. The van der Waals surface area contributed by atoms with Gasteiger partial charge in [-0.05, 0) is 49.3 Å². The van der Waals surface area contributed by atoms with Gasteiger partial charge in [0.05, 0.1) is 12.0 Å². The summed E-state index contributed by atoms with van der Waals surface area (Å²) in [6.45, 7) is 3.93. The molecule has 0 saturated heterocycles. The van der Waals surface area contributed by atoms with Gasteiger partial charge in [0.1, 0.15) is 0 Å². The molecule has 0 amide bonds. The fourth-order valence-electron chi connectivity index (χ4n) is 3.65. The maximum atomic E-state index is 12.3. The van der Waals surface area contributed by atoms with E-state index < -0.39 is 10.0 Å². The zero-order valence-electron chi connectivity index (χ0n) is 15.1. The van der Waals surface area contributed by atoms with Crippen LogP contribution >= 0.6 is 0 Å². The number of guanidine groups is 1. The van der Waals surface area contributed by atoms with E-state index in [2.05, 4.69) is 29.3 Å². The Labute approximate surface area is 153 Å². The average molecular weight is 373 g/mol. The lowest BCUT2D eigenvalue weighted by molar-refractivity contribution is 0.587. The van der Waals surface area contributed by atoms with Gasteiger partial charge in [-0.25, -0.2) is 12.4 Å². The van der Waals surface area contributed by atoms with Crippen LogP contribution in [-0.2, 0) is 16.4 Å². The van der Waals surface area contributed by atoms with Crippen LogP contribution < -0.4 is 11.5 Å². The first-order chi connectivity index (χ1) is 12.2. The molecule has 1 heterocycles. The number of aryl methyl sites for hydroxylation is 2. The molecule has 1 aliphatic carbocycles. The molecule has 0 aliphatic heterocycles. The minimum Gasteiger partial charge on any atom is -0.369 e. The quantitative estimate of drug-likeness (QED) is 0.483. The molecule has 0 fully saturated rings. The van der Waals surface area contributed by atoms with Crippen molar-refractivity contribution in [1.29, 1.82) is 0 Å². The van der Waals surface area contributed by atoms with E-state index in [1.807, 2.05) is 19.1 Å². The first-order valence-corrected chi connectivity index (χ1v) is 10.2. The Hall–Kier alpha value is -2.61.